The van der Waals surface area contributed by atoms with Gasteiger partial charge in [0.15, 0.2) is 6.10 Å². The fraction of sp³-hybridized carbons (Fsp3) is 0.821. The number of Topliss-reactive ketones (excluding diaryl/α,β-unsaturated/α-hetero) is 1. The summed E-state index contributed by atoms with van der Waals surface area (Å²) >= 11 is 0. The van der Waals surface area contributed by atoms with E-state index in [1.54, 1.807) is 0 Å². The first-order valence-corrected chi connectivity index (χ1v) is 13.4. The highest BCUT2D eigenvalue weighted by Crippen LogP contribution is 2.78. The van der Waals surface area contributed by atoms with Crippen molar-refractivity contribution in [1.82, 2.24) is 0 Å². The Morgan fingerprint density at radius 1 is 0.921 bits per heavy atom. The minimum absolute atomic E-state index is 0.0742. The van der Waals surface area contributed by atoms with Gasteiger partial charge in [0.05, 0.1) is 12.5 Å². The molecule has 5 rings (SSSR count). The average molecular weight is 535 g/mol. The molecule has 0 N–H and O–H groups in total. The maximum absolute atomic E-state index is 14.4. The van der Waals surface area contributed by atoms with E-state index < -0.39 is 75.6 Å². The Hall–Kier alpha value is -2.49. The Morgan fingerprint density at radius 2 is 1.53 bits per heavy atom. The summed E-state index contributed by atoms with van der Waals surface area (Å²) in [4.78, 5) is 64.6. The first kappa shape index (κ1) is 27.1. The van der Waals surface area contributed by atoms with Crippen LogP contribution in [0.1, 0.15) is 74.1 Å². The maximum Gasteiger partial charge on any atom is 0.347 e. The molecule has 0 aromatic heterocycles. The molecule has 0 bridgehead atoms. The largest absolute Gasteiger partial charge is 0.466 e. The first-order chi connectivity index (χ1) is 17.5. The summed E-state index contributed by atoms with van der Waals surface area (Å²) in [5.74, 6) is -2.94. The second-order valence-corrected chi connectivity index (χ2v) is 13.1. The highest BCUT2D eigenvalue weighted by atomic mass is 16.7. The summed E-state index contributed by atoms with van der Waals surface area (Å²) in [7, 11) is 1.24. The SMILES string of the molecule is COC(=O)C1OC(=O)C2OC23C1(C)CCC1C2(C)C(OC(C)=O)CC(OC(C)=O)C(C)(C)C2CC(=O)C13C. The third kappa shape index (κ3) is 3.01. The van der Waals surface area contributed by atoms with Crippen LogP contribution >= 0.6 is 0 Å². The number of fused-ring (bicyclic) bond motifs is 3. The van der Waals surface area contributed by atoms with E-state index in [1.165, 1.54) is 21.0 Å². The number of epoxide rings is 1. The fourth-order valence-electron chi connectivity index (χ4n) is 9.47. The molecule has 10 heteroatoms. The molecule has 0 aromatic rings. The van der Waals surface area contributed by atoms with Crippen LogP contribution in [-0.4, -0.2) is 66.8 Å². The summed E-state index contributed by atoms with van der Waals surface area (Å²) in [6.45, 7) is 12.4. The van der Waals surface area contributed by atoms with E-state index in [2.05, 4.69) is 6.92 Å². The molecule has 10 unspecified atom stereocenters. The van der Waals surface area contributed by atoms with Gasteiger partial charge in [-0.15, -0.1) is 0 Å². The van der Waals surface area contributed by atoms with Crippen LogP contribution in [0, 0.1) is 33.5 Å². The Kier molecular flexibility index (Phi) is 5.72. The lowest BCUT2D eigenvalue weighted by atomic mass is 9.34. The molecule has 3 aliphatic carbocycles. The number of carbonyl (C=O) groups excluding carboxylic acids is 5. The van der Waals surface area contributed by atoms with Gasteiger partial charge in [0.25, 0.3) is 0 Å². The number of ketones is 1. The number of hydrogen-bond donors (Lipinski definition) is 0. The molecular weight excluding hydrogens is 496 g/mol. The Bertz CT molecular complexity index is 1130. The zero-order valence-electron chi connectivity index (χ0n) is 23.4. The smallest absolute Gasteiger partial charge is 0.347 e. The quantitative estimate of drug-likeness (QED) is 0.302. The molecule has 2 saturated heterocycles. The lowest BCUT2D eigenvalue weighted by Gasteiger charge is -2.69. The number of ether oxygens (including phenoxy) is 5. The van der Waals surface area contributed by atoms with Crippen LogP contribution in [0.3, 0.4) is 0 Å². The summed E-state index contributed by atoms with van der Waals surface area (Å²) in [6, 6.07) is 0. The molecule has 0 amide bonds. The molecule has 2 aliphatic heterocycles. The zero-order valence-corrected chi connectivity index (χ0v) is 23.4. The third-order valence-corrected chi connectivity index (χ3v) is 11.3. The number of methoxy groups -OCH3 is 1. The van der Waals surface area contributed by atoms with E-state index in [9.17, 15) is 24.0 Å². The average Bonchev–Trinajstić information content (AvgIpc) is 3.59. The van der Waals surface area contributed by atoms with Gasteiger partial charge in [-0.2, -0.15) is 0 Å². The van der Waals surface area contributed by atoms with Gasteiger partial charge in [-0.3, -0.25) is 14.4 Å². The van der Waals surface area contributed by atoms with Gasteiger partial charge in [-0.25, -0.2) is 9.59 Å². The van der Waals surface area contributed by atoms with Crippen molar-refractivity contribution in [3.63, 3.8) is 0 Å². The van der Waals surface area contributed by atoms with E-state index in [0.717, 1.165) is 0 Å². The van der Waals surface area contributed by atoms with Crippen molar-refractivity contribution < 1.29 is 47.7 Å². The second-order valence-electron chi connectivity index (χ2n) is 13.1. The topological polar surface area (TPSA) is 135 Å². The van der Waals surface area contributed by atoms with Crippen LogP contribution in [0.15, 0.2) is 0 Å². The van der Waals surface area contributed by atoms with Crippen molar-refractivity contribution in [3.05, 3.63) is 0 Å². The maximum atomic E-state index is 14.4. The highest BCUT2D eigenvalue weighted by molar-refractivity contribution is 5.95. The molecule has 10 atom stereocenters. The molecule has 0 radical (unpaired) electrons. The molecular formula is C28H38O10. The van der Waals surface area contributed by atoms with Crippen molar-refractivity contribution in [2.45, 2.75) is 104 Å². The molecule has 210 valence electrons. The van der Waals surface area contributed by atoms with Crippen LogP contribution < -0.4 is 0 Å². The van der Waals surface area contributed by atoms with Crippen molar-refractivity contribution in [1.29, 1.82) is 0 Å². The number of rotatable bonds is 3. The number of cyclic esters (lactones) is 1. The van der Waals surface area contributed by atoms with Gasteiger partial charge in [-0.05, 0) is 31.6 Å². The summed E-state index contributed by atoms with van der Waals surface area (Å²) in [6.07, 6.45) is -1.99. The van der Waals surface area contributed by atoms with E-state index >= 15 is 0 Å². The van der Waals surface area contributed by atoms with E-state index in [0.29, 0.717) is 19.3 Å². The highest BCUT2D eigenvalue weighted by Gasteiger charge is 2.89. The predicted octanol–water partition coefficient (Wildman–Crippen LogP) is 2.53. The molecule has 5 fully saturated rings. The van der Waals surface area contributed by atoms with Crippen LogP contribution in [-0.2, 0) is 47.7 Å². The standard InChI is InChI=1S/C28H38O10/c1-13(29)35-18-12-19(36-14(2)30)26(6)15-9-10-25(5)20(22(32)34-8)37-23(33)21-28(25,38-21)27(15,7)17(31)11-16(26)24(18,3)4/h15-16,18-21H,9-12H2,1-8H3. The van der Waals surface area contributed by atoms with Gasteiger partial charge in [0, 0.05) is 42.9 Å². The minimum atomic E-state index is -1.25. The second kappa shape index (κ2) is 8.02. The summed E-state index contributed by atoms with van der Waals surface area (Å²) in [5, 5.41) is 0. The fourth-order valence-corrected chi connectivity index (χ4v) is 9.47. The predicted molar refractivity (Wildman–Crippen MR) is 129 cm³/mol. The number of hydrogen-bond acceptors (Lipinski definition) is 10. The minimum Gasteiger partial charge on any atom is -0.466 e. The molecule has 3 saturated carbocycles. The number of carbonyl (C=O) groups is 5. The molecule has 5 aliphatic rings. The van der Waals surface area contributed by atoms with E-state index in [1.807, 2.05) is 27.7 Å². The molecule has 1 spiro atoms. The van der Waals surface area contributed by atoms with Crippen molar-refractivity contribution in [2.24, 2.45) is 33.5 Å². The van der Waals surface area contributed by atoms with Crippen LogP contribution in [0.5, 0.6) is 0 Å². The van der Waals surface area contributed by atoms with E-state index in [4.69, 9.17) is 23.7 Å². The summed E-state index contributed by atoms with van der Waals surface area (Å²) in [5.41, 5.74) is -4.70. The van der Waals surface area contributed by atoms with E-state index in [-0.39, 0.29) is 24.0 Å². The third-order valence-electron chi connectivity index (χ3n) is 11.3. The lowest BCUT2D eigenvalue weighted by Crippen LogP contribution is -2.76. The summed E-state index contributed by atoms with van der Waals surface area (Å²) < 4.78 is 28.5. The van der Waals surface area contributed by atoms with Crippen LogP contribution in [0.4, 0.5) is 0 Å². The normalized spacial score (nSPS) is 48.2. The van der Waals surface area contributed by atoms with Crippen molar-refractivity contribution >= 4 is 29.7 Å². The lowest BCUT2D eigenvalue weighted by molar-refractivity contribution is -0.259. The molecule has 0 aromatic carbocycles. The Morgan fingerprint density at radius 3 is 2.11 bits per heavy atom. The molecule has 10 nitrogen and oxygen atoms in total. The van der Waals surface area contributed by atoms with Gasteiger partial charge >= 0.3 is 23.9 Å². The van der Waals surface area contributed by atoms with Gasteiger partial charge in [-0.1, -0.05) is 27.7 Å². The Balaban J connectivity index is 1.66. The van der Waals surface area contributed by atoms with Crippen molar-refractivity contribution in [3.8, 4) is 0 Å². The monoisotopic (exact) mass is 534 g/mol. The van der Waals surface area contributed by atoms with Crippen molar-refractivity contribution in [2.75, 3.05) is 7.11 Å². The molecule has 2 heterocycles. The molecule has 38 heavy (non-hydrogen) atoms. The van der Waals surface area contributed by atoms with Gasteiger partial charge < -0.3 is 23.7 Å². The first-order valence-electron chi connectivity index (χ1n) is 13.4. The zero-order chi connectivity index (χ0) is 28.2. The number of esters is 4. The van der Waals surface area contributed by atoms with Crippen LogP contribution in [0.2, 0.25) is 0 Å². The van der Waals surface area contributed by atoms with Gasteiger partial charge in [0.2, 0.25) is 6.10 Å². The van der Waals surface area contributed by atoms with Gasteiger partial charge in [0.1, 0.15) is 23.6 Å². The van der Waals surface area contributed by atoms with Crippen LogP contribution in [0.25, 0.3) is 0 Å². The Labute approximate surface area is 222 Å².